The largest absolute Gasteiger partial charge is 0.508 e. The second-order valence-corrected chi connectivity index (χ2v) is 9.86. The number of fused-ring (bicyclic) bond motifs is 1. The van der Waals surface area contributed by atoms with Crippen LogP contribution in [0.5, 0.6) is 17.2 Å². The Bertz CT molecular complexity index is 1090. The molecule has 2 heterocycles. The minimum absolute atomic E-state index is 0.101. The van der Waals surface area contributed by atoms with Gasteiger partial charge in [-0.25, -0.2) is 0 Å². The zero-order chi connectivity index (χ0) is 23.0. The van der Waals surface area contributed by atoms with Crippen molar-refractivity contribution in [2.75, 3.05) is 19.6 Å². The van der Waals surface area contributed by atoms with Crippen LogP contribution in [0, 0.1) is 0 Å². The summed E-state index contributed by atoms with van der Waals surface area (Å²) in [5.74, 6) is 2.13. The van der Waals surface area contributed by atoms with Gasteiger partial charge in [0.1, 0.15) is 29.0 Å². The fourth-order valence-corrected chi connectivity index (χ4v) is 5.46. The topological polar surface area (TPSA) is 41.9 Å². The van der Waals surface area contributed by atoms with E-state index in [4.69, 9.17) is 9.47 Å². The van der Waals surface area contributed by atoms with E-state index in [0.29, 0.717) is 0 Å². The summed E-state index contributed by atoms with van der Waals surface area (Å²) in [5, 5.41) is 10.1. The molecule has 2 aliphatic rings. The first-order chi connectivity index (χ1) is 15.9. The minimum Gasteiger partial charge on any atom is -0.508 e. The lowest BCUT2D eigenvalue weighted by Crippen LogP contribution is -2.53. The summed E-state index contributed by atoms with van der Waals surface area (Å²) in [5.41, 5.74) is 3.12. The molecule has 33 heavy (non-hydrogen) atoms. The molecule has 1 saturated heterocycles. The monoisotopic (exact) mass is 443 g/mol. The van der Waals surface area contributed by atoms with E-state index in [1.165, 1.54) is 17.5 Å². The Morgan fingerprint density at radius 3 is 2.39 bits per heavy atom. The van der Waals surface area contributed by atoms with E-state index in [1.54, 1.807) is 12.1 Å². The summed E-state index contributed by atoms with van der Waals surface area (Å²) in [6.45, 7) is 9.66. The first-order valence-electron chi connectivity index (χ1n) is 12.0. The Morgan fingerprint density at radius 1 is 0.970 bits per heavy atom. The van der Waals surface area contributed by atoms with Crippen molar-refractivity contribution >= 4 is 0 Å². The van der Waals surface area contributed by atoms with Crippen molar-refractivity contribution in [3.8, 4) is 17.2 Å². The van der Waals surface area contributed by atoms with E-state index >= 15 is 0 Å². The van der Waals surface area contributed by atoms with Gasteiger partial charge in [-0.1, -0.05) is 55.5 Å². The molecule has 0 bridgehead atoms. The summed E-state index contributed by atoms with van der Waals surface area (Å²) < 4.78 is 12.7. The number of ether oxygens (including phenoxy) is 2. The van der Waals surface area contributed by atoms with Gasteiger partial charge in [-0.15, -0.1) is 0 Å². The number of nitrogens with zero attached hydrogens (tertiary/aromatic N) is 1. The van der Waals surface area contributed by atoms with E-state index < -0.39 is 5.60 Å². The van der Waals surface area contributed by atoms with E-state index in [0.717, 1.165) is 36.7 Å². The maximum absolute atomic E-state index is 10.1. The summed E-state index contributed by atoms with van der Waals surface area (Å²) in [7, 11) is 0. The number of benzene rings is 3. The number of rotatable bonds is 6. The maximum Gasteiger partial charge on any atom is 0.127 e. The van der Waals surface area contributed by atoms with Gasteiger partial charge in [0.05, 0.1) is 0 Å². The van der Waals surface area contributed by atoms with Crippen LogP contribution in [0.15, 0.2) is 72.8 Å². The molecular weight excluding hydrogens is 410 g/mol. The Balaban J connectivity index is 1.47. The molecule has 0 unspecified atom stereocenters. The molecule has 4 nitrogen and oxygen atoms in total. The highest BCUT2D eigenvalue weighted by atomic mass is 16.5. The normalized spacial score (nSPS) is 22.2. The second kappa shape index (κ2) is 8.75. The standard InChI is InChI=1S/C29H33NO3/c1-4-16-30-18-24(19-30)32-23-13-10-20(11-14-23)27-25-15-12-22(31)17-26(25)33-29(2,3)28(27)21-8-6-5-7-9-21/h5-15,17,24,27-28,31H,4,16,18-19H2,1-3H3/t27-,28+/m1/s1. The van der Waals surface area contributed by atoms with Crippen molar-refractivity contribution in [1.29, 1.82) is 0 Å². The highest BCUT2D eigenvalue weighted by molar-refractivity contribution is 5.52. The quantitative estimate of drug-likeness (QED) is 0.511. The molecule has 5 rings (SSSR count). The SMILES string of the molecule is CCCN1CC(Oc2ccc([C@@H]3c4ccc(O)cc4OC(C)(C)[C@H]3c3ccccc3)cc2)C1. The molecule has 0 spiro atoms. The summed E-state index contributed by atoms with van der Waals surface area (Å²) in [6, 6.07) is 24.7. The third-order valence-corrected chi connectivity index (χ3v) is 6.95. The van der Waals surface area contributed by atoms with Gasteiger partial charge in [-0.05, 0) is 56.1 Å². The number of aromatic hydroxyl groups is 1. The van der Waals surface area contributed by atoms with Gasteiger partial charge in [0.25, 0.3) is 0 Å². The number of hydrogen-bond donors (Lipinski definition) is 1. The van der Waals surface area contributed by atoms with E-state index in [9.17, 15) is 5.11 Å². The van der Waals surface area contributed by atoms with Gasteiger partial charge in [0.15, 0.2) is 0 Å². The van der Waals surface area contributed by atoms with Gasteiger partial charge in [0, 0.05) is 36.6 Å². The zero-order valence-corrected chi connectivity index (χ0v) is 19.7. The van der Waals surface area contributed by atoms with Crippen LogP contribution in [-0.2, 0) is 0 Å². The van der Waals surface area contributed by atoms with Crippen LogP contribution in [0.1, 0.15) is 55.7 Å². The van der Waals surface area contributed by atoms with Crippen LogP contribution < -0.4 is 9.47 Å². The molecule has 0 aliphatic carbocycles. The molecule has 3 aromatic carbocycles. The Morgan fingerprint density at radius 2 is 1.70 bits per heavy atom. The maximum atomic E-state index is 10.1. The number of hydrogen-bond acceptors (Lipinski definition) is 4. The average Bonchev–Trinajstić information content (AvgIpc) is 2.77. The molecular formula is C29H33NO3. The summed E-state index contributed by atoms with van der Waals surface area (Å²) in [6.07, 6.45) is 1.47. The van der Waals surface area contributed by atoms with Crippen molar-refractivity contribution in [3.05, 3.63) is 89.5 Å². The molecule has 0 amide bonds. The van der Waals surface area contributed by atoms with Crippen molar-refractivity contribution in [3.63, 3.8) is 0 Å². The number of likely N-dealkylation sites (tertiary alicyclic amines) is 1. The first kappa shape index (κ1) is 21.8. The second-order valence-electron chi connectivity index (χ2n) is 9.86. The van der Waals surface area contributed by atoms with Gasteiger partial charge in [-0.2, -0.15) is 0 Å². The van der Waals surface area contributed by atoms with Crippen LogP contribution in [0.3, 0.4) is 0 Å². The summed E-state index contributed by atoms with van der Waals surface area (Å²) in [4.78, 5) is 2.43. The Kier molecular flexibility index (Phi) is 5.79. The van der Waals surface area contributed by atoms with E-state index in [2.05, 4.69) is 80.3 Å². The molecule has 0 aromatic heterocycles. The predicted molar refractivity (Wildman–Crippen MR) is 131 cm³/mol. The smallest absolute Gasteiger partial charge is 0.127 e. The molecule has 0 saturated carbocycles. The highest BCUT2D eigenvalue weighted by Crippen LogP contribution is 2.53. The zero-order valence-electron chi connectivity index (χ0n) is 19.7. The van der Waals surface area contributed by atoms with E-state index in [1.807, 2.05) is 6.07 Å². The molecule has 3 aromatic rings. The van der Waals surface area contributed by atoms with Crippen molar-refractivity contribution < 1.29 is 14.6 Å². The van der Waals surface area contributed by atoms with Gasteiger partial charge in [-0.3, -0.25) is 4.90 Å². The Labute approximate surface area is 196 Å². The molecule has 1 fully saturated rings. The number of phenolic OH excluding ortho intramolecular Hbond substituents is 1. The van der Waals surface area contributed by atoms with Crippen LogP contribution in [0.25, 0.3) is 0 Å². The summed E-state index contributed by atoms with van der Waals surface area (Å²) >= 11 is 0. The van der Waals surface area contributed by atoms with Crippen LogP contribution in [0.4, 0.5) is 0 Å². The molecule has 2 atom stereocenters. The molecule has 1 N–H and O–H groups in total. The van der Waals surface area contributed by atoms with Gasteiger partial charge < -0.3 is 14.6 Å². The number of phenols is 1. The van der Waals surface area contributed by atoms with Gasteiger partial charge in [0.2, 0.25) is 0 Å². The van der Waals surface area contributed by atoms with Crippen LogP contribution in [-0.4, -0.2) is 41.3 Å². The van der Waals surface area contributed by atoms with E-state index in [-0.39, 0.29) is 23.7 Å². The lowest BCUT2D eigenvalue weighted by Gasteiger charge is -2.45. The molecule has 0 radical (unpaired) electrons. The highest BCUT2D eigenvalue weighted by Gasteiger charge is 2.45. The van der Waals surface area contributed by atoms with Crippen molar-refractivity contribution in [2.45, 2.75) is 50.7 Å². The average molecular weight is 444 g/mol. The minimum atomic E-state index is -0.448. The Hall–Kier alpha value is -2.98. The fraction of sp³-hybridized carbons (Fsp3) is 0.379. The lowest BCUT2D eigenvalue weighted by atomic mass is 9.68. The molecule has 172 valence electrons. The first-order valence-corrected chi connectivity index (χ1v) is 12.0. The van der Waals surface area contributed by atoms with Crippen molar-refractivity contribution in [1.82, 2.24) is 4.90 Å². The lowest BCUT2D eigenvalue weighted by molar-refractivity contribution is 0.0202. The predicted octanol–water partition coefficient (Wildman–Crippen LogP) is 5.95. The fourth-order valence-electron chi connectivity index (χ4n) is 5.46. The third-order valence-electron chi connectivity index (χ3n) is 6.95. The van der Waals surface area contributed by atoms with Crippen LogP contribution >= 0.6 is 0 Å². The molecule has 4 heteroatoms. The van der Waals surface area contributed by atoms with Crippen molar-refractivity contribution in [2.24, 2.45) is 0 Å². The third kappa shape index (κ3) is 4.32. The van der Waals surface area contributed by atoms with Crippen LogP contribution in [0.2, 0.25) is 0 Å². The molecule has 2 aliphatic heterocycles. The van der Waals surface area contributed by atoms with Gasteiger partial charge >= 0.3 is 0 Å².